The van der Waals surface area contributed by atoms with Gasteiger partial charge in [-0.05, 0) is 23.3 Å². The largest absolute Gasteiger partial charge is 0.492 e. The van der Waals surface area contributed by atoms with Crippen molar-refractivity contribution < 1.29 is 9.84 Å². The van der Waals surface area contributed by atoms with E-state index in [-0.39, 0.29) is 6.61 Å². The number of aliphatic hydroxyl groups is 1. The number of nitrogens with zero attached hydrogens (tertiary/aromatic N) is 2. The predicted molar refractivity (Wildman–Crippen MR) is 97.3 cm³/mol. The molecule has 1 N–H and O–H groups in total. The van der Waals surface area contributed by atoms with Crippen LogP contribution in [0.25, 0.3) is 11.1 Å². The molecule has 0 saturated carbocycles. The van der Waals surface area contributed by atoms with E-state index in [1.54, 1.807) is 0 Å². The van der Waals surface area contributed by atoms with E-state index in [0.29, 0.717) is 6.61 Å². The first kappa shape index (κ1) is 17.0. The molecule has 4 nitrogen and oxygen atoms in total. The third-order valence-corrected chi connectivity index (χ3v) is 4.52. The summed E-state index contributed by atoms with van der Waals surface area (Å²) in [4.78, 5) is 4.73. The van der Waals surface area contributed by atoms with Gasteiger partial charge in [-0.1, -0.05) is 42.5 Å². The van der Waals surface area contributed by atoms with Gasteiger partial charge in [0, 0.05) is 39.3 Å². The number of piperazine rings is 1. The molecule has 0 aromatic heterocycles. The van der Waals surface area contributed by atoms with Crippen LogP contribution < -0.4 is 4.74 Å². The summed E-state index contributed by atoms with van der Waals surface area (Å²) in [5.74, 6) is 0.925. The molecule has 2 aromatic carbocycles. The topological polar surface area (TPSA) is 35.9 Å². The van der Waals surface area contributed by atoms with E-state index in [1.807, 2.05) is 18.2 Å². The Morgan fingerprint density at radius 3 is 1.96 bits per heavy atom. The fourth-order valence-electron chi connectivity index (χ4n) is 3.04. The van der Waals surface area contributed by atoms with E-state index in [0.717, 1.165) is 45.0 Å². The molecule has 0 aliphatic carbocycles. The minimum atomic E-state index is 0.252. The van der Waals surface area contributed by atoms with E-state index in [4.69, 9.17) is 9.84 Å². The molecule has 1 saturated heterocycles. The molecule has 0 atom stereocenters. The maximum Gasteiger partial charge on any atom is 0.119 e. The van der Waals surface area contributed by atoms with Crippen LogP contribution in [-0.2, 0) is 0 Å². The second-order valence-corrected chi connectivity index (χ2v) is 6.15. The van der Waals surface area contributed by atoms with Crippen molar-refractivity contribution >= 4 is 0 Å². The molecule has 1 aliphatic heterocycles. The monoisotopic (exact) mass is 326 g/mol. The Balaban J connectivity index is 1.41. The molecule has 1 aliphatic rings. The summed E-state index contributed by atoms with van der Waals surface area (Å²) < 4.78 is 5.88. The lowest BCUT2D eigenvalue weighted by Gasteiger charge is -2.34. The highest BCUT2D eigenvalue weighted by atomic mass is 16.5. The zero-order valence-electron chi connectivity index (χ0n) is 14.1. The van der Waals surface area contributed by atoms with Gasteiger partial charge in [-0.15, -0.1) is 0 Å². The number of β-amino-alcohol motifs (C(OH)–C–C–N with tert-alkyl or cyclic N) is 1. The zero-order chi connectivity index (χ0) is 16.6. The van der Waals surface area contributed by atoms with Crippen molar-refractivity contribution in [3.63, 3.8) is 0 Å². The molecule has 0 spiro atoms. The molecular formula is C20H26N2O2. The van der Waals surface area contributed by atoms with E-state index in [1.165, 1.54) is 11.1 Å². The summed E-state index contributed by atoms with van der Waals surface area (Å²) in [5, 5.41) is 8.97. The highest BCUT2D eigenvalue weighted by Gasteiger charge is 2.15. The number of aliphatic hydroxyl groups excluding tert-OH is 1. The SMILES string of the molecule is OCCN1CCN(CCOc2ccc(-c3ccccc3)cc2)CC1. The first-order valence-electron chi connectivity index (χ1n) is 8.69. The van der Waals surface area contributed by atoms with Gasteiger partial charge in [0.05, 0.1) is 6.61 Å². The van der Waals surface area contributed by atoms with Crippen molar-refractivity contribution in [2.24, 2.45) is 0 Å². The van der Waals surface area contributed by atoms with E-state index in [9.17, 15) is 0 Å². The average Bonchev–Trinajstić information content (AvgIpc) is 2.65. The summed E-state index contributed by atoms with van der Waals surface area (Å²) >= 11 is 0. The van der Waals surface area contributed by atoms with Crippen molar-refractivity contribution in [2.75, 3.05) is 52.5 Å². The maximum atomic E-state index is 8.97. The lowest BCUT2D eigenvalue weighted by Crippen LogP contribution is -2.48. The smallest absolute Gasteiger partial charge is 0.119 e. The van der Waals surface area contributed by atoms with Gasteiger partial charge in [-0.2, -0.15) is 0 Å². The van der Waals surface area contributed by atoms with Crippen LogP contribution in [0.2, 0.25) is 0 Å². The predicted octanol–water partition coefficient (Wildman–Crippen LogP) is 2.34. The van der Waals surface area contributed by atoms with Gasteiger partial charge in [0.1, 0.15) is 12.4 Å². The number of ether oxygens (including phenoxy) is 1. The van der Waals surface area contributed by atoms with Crippen molar-refractivity contribution in [3.05, 3.63) is 54.6 Å². The molecular weight excluding hydrogens is 300 g/mol. The number of benzene rings is 2. The Morgan fingerprint density at radius 2 is 1.33 bits per heavy atom. The van der Waals surface area contributed by atoms with Gasteiger partial charge in [0.15, 0.2) is 0 Å². The molecule has 3 rings (SSSR count). The van der Waals surface area contributed by atoms with E-state index >= 15 is 0 Å². The summed E-state index contributed by atoms with van der Waals surface area (Å²) in [6.07, 6.45) is 0. The van der Waals surface area contributed by atoms with Crippen molar-refractivity contribution in [1.82, 2.24) is 9.80 Å². The van der Waals surface area contributed by atoms with Gasteiger partial charge >= 0.3 is 0 Å². The number of rotatable bonds is 7. The number of hydrogen-bond donors (Lipinski definition) is 1. The zero-order valence-corrected chi connectivity index (χ0v) is 14.1. The fourth-order valence-corrected chi connectivity index (χ4v) is 3.04. The van der Waals surface area contributed by atoms with Crippen LogP contribution in [0, 0.1) is 0 Å². The highest BCUT2D eigenvalue weighted by Crippen LogP contribution is 2.22. The quantitative estimate of drug-likeness (QED) is 0.847. The Bertz CT molecular complexity index is 593. The Kier molecular flexibility index (Phi) is 6.24. The third kappa shape index (κ3) is 4.81. The van der Waals surface area contributed by atoms with Crippen LogP contribution in [0.15, 0.2) is 54.6 Å². The van der Waals surface area contributed by atoms with Gasteiger partial charge < -0.3 is 9.84 Å². The van der Waals surface area contributed by atoms with E-state index < -0.39 is 0 Å². The summed E-state index contributed by atoms with van der Waals surface area (Å²) in [6.45, 7) is 6.88. The average molecular weight is 326 g/mol. The molecule has 1 heterocycles. The van der Waals surface area contributed by atoms with Crippen LogP contribution in [0.3, 0.4) is 0 Å². The fraction of sp³-hybridized carbons (Fsp3) is 0.400. The van der Waals surface area contributed by atoms with E-state index in [2.05, 4.69) is 46.2 Å². The maximum absolute atomic E-state index is 8.97. The molecule has 2 aromatic rings. The van der Waals surface area contributed by atoms with Gasteiger partial charge in [-0.3, -0.25) is 9.80 Å². The molecule has 0 amide bonds. The minimum Gasteiger partial charge on any atom is -0.492 e. The first-order valence-corrected chi connectivity index (χ1v) is 8.69. The highest BCUT2D eigenvalue weighted by molar-refractivity contribution is 5.63. The lowest BCUT2D eigenvalue weighted by molar-refractivity contribution is 0.102. The van der Waals surface area contributed by atoms with Crippen molar-refractivity contribution in [2.45, 2.75) is 0 Å². The van der Waals surface area contributed by atoms with Crippen LogP contribution in [0.4, 0.5) is 0 Å². The molecule has 4 heteroatoms. The Labute approximate surface area is 144 Å². The van der Waals surface area contributed by atoms with Crippen LogP contribution in [0.1, 0.15) is 0 Å². The summed E-state index contributed by atoms with van der Waals surface area (Å²) in [7, 11) is 0. The molecule has 24 heavy (non-hydrogen) atoms. The molecule has 1 fully saturated rings. The van der Waals surface area contributed by atoms with Crippen molar-refractivity contribution in [3.8, 4) is 16.9 Å². The second kappa shape index (κ2) is 8.83. The number of hydrogen-bond acceptors (Lipinski definition) is 4. The normalized spacial score (nSPS) is 16.2. The third-order valence-electron chi connectivity index (χ3n) is 4.52. The second-order valence-electron chi connectivity index (χ2n) is 6.15. The molecule has 0 radical (unpaired) electrons. The summed E-state index contributed by atoms with van der Waals surface area (Å²) in [5.41, 5.74) is 2.44. The van der Waals surface area contributed by atoms with Gasteiger partial charge in [-0.25, -0.2) is 0 Å². The summed E-state index contributed by atoms with van der Waals surface area (Å²) in [6, 6.07) is 18.7. The molecule has 128 valence electrons. The standard InChI is InChI=1S/C20H26N2O2/c23-16-14-21-10-12-22(13-11-21)15-17-24-20-8-6-19(7-9-20)18-4-2-1-3-5-18/h1-9,23H,10-17H2. The van der Waals surface area contributed by atoms with Gasteiger partial charge in [0.25, 0.3) is 0 Å². The first-order chi connectivity index (χ1) is 11.8. The van der Waals surface area contributed by atoms with Crippen LogP contribution >= 0.6 is 0 Å². The van der Waals surface area contributed by atoms with Crippen LogP contribution in [0.5, 0.6) is 5.75 Å². The molecule has 0 bridgehead atoms. The lowest BCUT2D eigenvalue weighted by atomic mass is 10.1. The minimum absolute atomic E-state index is 0.252. The van der Waals surface area contributed by atoms with Crippen LogP contribution in [-0.4, -0.2) is 67.4 Å². The Morgan fingerprint density at radius 1 is 0.750 bits per heavy atom. The Hall–Kier alpha value is -1.88. The molecule has 0 unspecified atom stereocenters. The van der Waals surface area contributed by atoms with Gasteiger partial charge in [0.2, 0.25) is 0 Å². The van der Waals surface area contributed by atoms with Crippen molar-refractivity contribution in [1.29, 1.82) is 0 Å².